The predicted octanol–water partition coefficient (Wildman–Crippen LogP) is 4.82. The molecule has 2 heterocycles. The first-order valence-corrected chi connectivity index (χ1v) is 8.85. The van der Waals surface area contributed by atoms with E-state index in [1.165, 1.54) is 18.2 Å². The zero-order chi connectivity index (χ0) is 20.5. The van der Waals surface area contributed by atoms with Crippen LogP contribution in [0.25, 0.3) is 17.4 Å². The number of carbonyl (C=O) groups excluding carboxylic acids is 1. The molecular weight excluding hydrogens is 372 g/mol. The molecule has 0 fully saturated rings. The Morgan fingerprint density at radius 2 is 1.79 bits per heavy atom. The molecule has 0 aliphatic carbocycles. The molecule has 0 bridgehead atoms. The number of benzene rings is 2. The summed E-state index contributed by atoms with van der Waals surface area (Å²) in [5.74, 6) is 0.668. The molecule has 1 aromatic heterocycles. The molecule has 0 saturated carbocycles. The molecule has 7 nitrogen and oxygen atoms in total. The first-order chi connectivity index (χ1) is 13.9. The monoisotopic (exact) mass is 388 g/mol. The van der Waals surface area contributed by atoms with Crippen molar-refractivity contribution in [3.05, 3.63) is 92.9 Å². The molecule has 0 spiro atoms. The average Bonchev–Trinajstić information content (AvgIpc) is 3.29. The molecule has 144 valence electrons. The summed E-state index contributed by atoms with van der Waals surface area (Å²) in [4.78, 5) is 26.9. The van der Waals surface area contributed by atoms with Gasteiger partial charge in [-0.15, -0.1) is 0 Å². The second-order valence-electron chi connectivity index (χ2n) is 6.66. The summed E-state index contributed by atoms with van der Waals surface area (Å²) in [5.41, 5.74) is 3.42. The van der Waals surface area contributed by atoms with Gasteiger partial charge >= 0.3 is 5.97 Å². The van der Waals surface area contributed by atoms with E-state index in [-0.39, 0.29) is 17.3 Å². The van der Waals surface area contributed by atoms with Crippen LogP contribution in [0, 0.1) is 24.0 Å². The largest absolute Gasteiger partial charge is 0.457 e. The standard InChI is InChI=1S/C22H16N2O5/c1-13-3-5-15(6-4-13)21-23-19(22(25)29-21)12-17-8-10-20(28-17)18-9-7-16(24(26)27)11-14(18)2/h3-12H,1-2H3/b19-12+. The van der Waals surface area contributed by atoms with E-state index in [0.29, 0.717) is 22.6 Å². The Labute approximate surface area is 166 Å². The summed E-state index contributed by atoms with van der Waals surface area (Å²) in [6.45, 7) is 3.74. The SMILES string of the molecule is Cc1ccc(C2=N/C(=C/c3ccc(-c4ccc([N+](=O)[O-])cc4C)o3)C(=O)O2)cc1. The van der Waals surface area contributed by atoms with E-state index < -0.39 is 10.9 Å². The van der Waals surface area contributed by atoms with Crippen molar-refractivity contribution in [1.29, 1.82) is 0 Å². The van der Waals surface area contributed by atoms with Crippen molar-refractivity contribution in [2.24, 2.45) is 4.99 Å². The van der Waals surface area contributed by atoms with Crippen LogP contribution in [0.5, 0.6) is 0 Å². The van der Waals surface area contributed by atoms with E-state index in [1.54, 1.807) is 25.1 Å². The summed E-state index contributed by atoms with van der Waals surface area (Å²) in [6.07, 6.45) is 1.51. The van der Waals surface area contributed by atoms with Gasteiger partial charge in [-0.2, -0.15) is 0 Å². The number of nitro benzene ring substituents is 1. The Hall–Kier alpha value is -4.00. The number of ether oxygens (including phenoxy) is 1. The van der Waals surface area contributed by atoms with Crippen molar-refractivity contribution in [2.75, 3.05) is 0 Å². The van der Waals surface area contributed by atoms with Gasteiger partial charge in [-0.3, -0.25) is 10.1 Å². The lowest BCUT2D eigenvalue weighted by Gasteiger charge is -2.02. The molecule has 3 aromatic rings. The Morgan fingerprint density at radius 1 is 1.03 bits per heavy atom. The van der Waals surface area contributed by atoms with Crippen LogP contribution in [0.2, 0.25) is 0 Å². The third kappa shape index (κ3) is 3.70. The second-order valence-corrected chi connectivity index (χ2v) is 6.66. The summed E-state index contributed by atoms with van der Waals surface area (Å²) >= 11 is 0. The fourth-order valence-electron chi connectivity index (χ4n) is 2.98. The van der Waals surface area contributed by atoms with Gasteiger partial charge in [-0.1, -0.05) is 17.7 Å². The van der Waals surface area contributed by atoms with Crippen molar-refractivity contribution in [3.63, 3.8) is 0 Å². The number of aliphatic imine (C=N–C) groups is 1. The summed E-state index contributed by atoms with van der Waals surface area (Å²) < 4.78 is 11.1. The molecule has 29 heavy (non-hydrogen) atoms. The molecule has 1 aliphatic rings. The van der Waals surface area contributed by atoms with Crippen LogP contribution in [-0.4, -0.2) is 16.8 Å². The number of aryl methyl sites for hydroxylation is 2. The van der Waals surface area contributed by atoms with Crippen molar-refractivity contribution < 1.29 is 18.9 Å². The quantitative estimate of drug-likeness (QED) is 0.276. The normalized spacial score (nSPS) is 14.8. The highest BCUT2D eigenvalue weighted by atomic mass is 16.6. The average molecular weight is 388 g/mol. The highest BCUT2D eigenvalue weighted by Gasteiger charge is 2.24. The minimum absolute atomic E-state index is 0.0202. The first kappa shape index (κ1) is 18.4. The number of nitrogens with zero attached hydrogens (tertiary/aromatic N) is 2. The van der Waals surface area contributed by atoms with E-state index in [9.17, 15) is 14.9 Å². The Kier molecular flexibility index (Phi) is 4.56. The van der Waals surface area contributed by atoms with Crippen LogP contribution in [0.15, 0.2) is 69.7 Å². The van der Waals surface area contributed by atoms with Crippen molar-refractivity contribution in [1.82, 2.24) is 0 Å². The van der Waals surface area contributed by atoms with Gasteiger partial charge in [-0.25, -0.2) is 9.79 Å². The summed E-state index contributed by atoms with van der Waals surface area (Å²) in [7, 11) is 0. The van der Waals surface area contributed by atoms with Gasteiger partial charge in [0.05, 0.1) is 4.92 Å². The van der Waals surface area contributed by atoms with Crippen LogP contribution in [0.1, 0.15) is 22.5 Å². The van der Waals surface area contributed by atoms with Gasteiger partial charge in [-0.05, 0) is 49.7 Å². The van der Waals surface area contributed by atoms with E-state index in [4.69, 9.17) is 9.15 Å². The molecule has 2 aromatic carbocycles. The van der Waals surface area contributed by atoms with Crippen LogP contribution in [0.4, 0.5) is 5.69 Å². The minimum atomic E-state index is -0.551. The number of esters is 1. The van der Waals surface area contributed by atoms with E-state index >= 15 is 0 Å². The van der Waals surface area contributed by atoms with Crippen LogP contribution in [0.3, 0.4) is 0 Å². The zero-order valence-electron chi connectivity index (χ0n) is 15.7. The Balaban J connectivity index is 1.61. The number of carbonyl (C=O) groups is 1. The molecule has 0 radical (unpaired) electrons. The molecule has 7 heteroatoms. The van der Waals surface area contributed by atoms with Crippen molar-refractivity contribution in [3.8, 4) is 11.3 Å². The number of furan rings is 1. The molecular formula is C22H16N2O5. The minimum Gasteiger partial charge on any atom is -0.457 e. The van der Waals surface area contributed by atoms with Gasteiger partial charge in [0.15, 0.2) is 5.70 Å². The maximum Gasteiger partial charge on any atom is 0.363 e. The summed E-state index contributed by atoms with van der Waals surface area (Å²) in [6, 6.07) is 15.5. The summed E-state index contributed by atoms with van der Waals surface area (Å²) in [5, 5.41) is 10.9. The van der Waals surface area contributed by atoms with Crippen LogP contribution < -0.4 is 0 Å². The van der Waals surface area contributed by atoms with Crippen LogP contribution >= 0.6 is 0 Å². The highest BCUT2D eigenvalue weighted by Crippen LogP contribution is 2.29. The smallest absolute Gasteiger partial charge is 0.363 e. The first-order valence-electron chi connectivity index (χ1n) is 8.85. The molecule has 0 N–H and O–H groups in total. The van der Waals surface area contributed by atoms with E-state index in [1.807, 2.05) is 31.2 Å². The van der Waals surface area contributed by atoms with E-state index in [0.717, 1.165) is 11.1 Å². The zero-order valence-corrected chi connectivity index (χ0v) is 15.7. The number of non-ortho nitro benzene ring substituents is 1. The number of nitro groups is 1. The van der Waals surface area contributed by atoms with Crippen molar-refractivity contribution in [2.45, 2.75) is 13.8 Å². The van der Waals surface area contributed by atoms with Gasteiger partial charge in [0, 0.05) is 29.3 Å². The number of rotatable bonds is 4. The third-order valence-corrected chi connectivity index (χ3v) is 4.51. The van der Waals surface area contributed by atoms with E-state index in [2.05, 4.69) is 4.99 Å². The topological polar surface area (TPSA) is 94.9 Å². The van der Waals surface area contributed by atoms with Crippen LogP contribution in [-0.2, 0) is 9.53 Å². The fraction of sp³-hybridized carbons (Fsp3) is 0.0909. The lowest BCUT2D eigenvalue weighted by Crippen LogP contribution is -2.05. The van der Waals surface area contributed by atoms with Gasteiger partial charge in [0.1, 0.15) is 11.5 Å². The second kappa shape index (κ2) is 7.20. The fourth-order valence-corrected chi connectivity index (χ4v) is 2.98. The Morgan fingerprint density at radius 3 is 2.48 bits per heavy atom. The maximum atomic E-state index is 12.2. The van der Waals surface area contributed by atoms with Crippen molar-refractivity contribution >= 4 is 23.6 Å². The maximum absolute atomic E-state index is 12.2. The molecule has 0 atom stereocenters. The lowest BCUT2D eigenvalue weighted by atomic mass is 10.1. The van der Waals surface area contributed by atoms with Gasteiger partial charge in [0.2, 0.25) is 5.90 Å². The Bertz CT molecular complexity index is 1190. The van der Waals surface area contributed by atoms with Gasteiger partial charge in [0.25, 0.3) is 5.69 Å². The molecule has 0 amide bonds. The lowest BCUT2D eigenvalue weighted by molar-refractivity contribution is -0.384. The molecule has 1 aliphatic heterocycles. The highest BCUT2D eigenvalue weighted by molar-refractivity contribution is 6.12. The van der Waals surface area contributed by atoms with Gasteiger partial charge < -0.3 is 9.15 Å². The number of cyclic esters (lactones) is 1. The molecule has 0 unspecified atom stereocenters. The predicted molar refractivity (Wildman–Crippen MR) is 107 cm³/mol. The molecule has 0 saturated heterocycles. The number of hydrogen-bond acceptors (Lipinski definition) is 6. The third-order valence-electron chi connectivity index (χ3n) is 4.51. The number of hydrogen-bond donors (Lipinski definition) is 0. The molecule has 4 rings (SSSR count).